The van der Waals surface area contributed by atoms with Crippen molar-refractivity contribution >= 4 is 12.4 Å². The summed E-state index contributed by atoms with van der Waals surface area (Å²) in [5.41, 5.74) is 4.29. The molecule has 2 aromatic carbocycles. The molecule has 0 unspecified atom stereocenters. The fourth-order valence-corrected chi connectivity index (χ4v) is 1.93. The smallest absolute Gasteiger partial charge is 0.146 e. The fourth-order valence-electron chi connectivity index (χ4n) is 1.93. The van der Waals surface area contributed by atoms with Crippen LogP contribution in [0.4, 0.5) is 0 Å². The third kappa shape index (κ3) is 3.41. The van der Waals surface area contributed by atoms with E-state index in [0.717, 1.165) is 17.4 Å². The zero-order chi connectivity index (χ0) is 13.7. The minimum Gasteiger partial charge on any atom is -0.298 e. The molecule has 19 heavy (non-hydrogen) atoms. The first kappa shape index (κ1) is 13.3. The Morgan fingerprint density at radius 3 is 2.00 bits per heavy atom. The average Bonchev–Trinajstić information content (AvgIpc) is 2.46. The maximum absolute atomic E-state index is 11.0. The first-order chi connectivity index (χ1) is 9.20. The van der Waals surface area contributed by atoms with E-state index in [1.807, 2.05) is 50.3 Å². The van der Waals surface area contributed by atoms with Gasteiger partial charge in [-0.05, 0) is 34.3 Å². The minimum absolute atomic E-state index is 0.256. The molecule has 0 amide bonds. The van der Waals surface area contributed by atoms with Crippen molar-refractivity contribution < 1.29 is 4.79 Å². The third-order valence-electron chi connectivity index (χ3n) is 3.15. The van der Waals surface area contributed by atoms with E-state index in [1.54, 1.807) is 0 Å². The highest BCUT2D eigenvalue weighted by atomic mass is 16.1. The van der Waals surface area contributed by atoms with Gasteiger partial charge in [0.05, 0.1) is 0 Å². The zero-order valence-corrected chi connectivity index (χ0v) is 11.3. The minimum atomic E-state index is 0.256. The van der Waals surface area contributed by atoms with Crippen LogP contribution < -0.4 is 0 Å². The quantitative estimate of drug-likeness (QED) is 0.573. The maximum Gasteiger partial charge on any atom is 0.146 e. The van der Waals surface area contributed by atoms with E-state index in [4.69, 9.17) is 0 Å². The molecule has 0 aliphatic rings. The van der Waals surface area contributed by atoms with E-state index >= 15 is 0 Å². The summed E-state index contributed by atoms with van der Waals surface area (Å²) >= 11 is 0. The molecule has 0 aliphatic carbocycles. The van der Waals surface area contributed by atoms with Gasteiger partial charge in [-0.25, -0.2) is 0 Å². The Bertz CT molecular complexity index is 562. The molecule has 0 heterocycles. The van der Waals surface area contributed by atoms with Gasteiger partial charge in [-0.3, -0.25) is 4.79 Å². The summed E-state index contributed by atoms with van der Waals surface area (Å²) < 4.78 is 0. The van der Waals surface area contributed by atoms with Crippen LogP contribution in [0, 0.1) is 5.92 Å². The monoisotopic (exact) mass is 250 g/mol. The lowest BCUT2D eigenvalue weighted by Gasteiger charge is -2.05. The lowest BCUT2D eigenvalue weighted by Crippen LogP contribution is -1.94. The molecule has 1 nitrogen and oxygen atoms in total. The van der Waals surface area contributed by atoms with Crippen LogP contribution in [0.3, 0.4) is 0 Å². The second-order valence-corrected chi connectivity index (χ2v) is 4.90. The van der Waals surface area contributed by atoms with E-state index in [-0.39, 0.29) is 5.92 Å². The zero-order valence-electron chi connectivity index (χ0n) is 11.3. The topological polar surface area (TPSA) is 17.1 Å². The molecule has 0 saturated carbocycles. The molecule has 0 atom stereocenters. The standard InChI is InChI=1S/C18H18O/c1-14(2)18(13-19)12-15-8-10-17(11-9-15)16-6-4-3-5-7-16/h3-14H,1-2H3. The molecular weight excluding hydrogens is 232 g/mol. The predicted molar refractivity (Wildman–Crippen MR) is 80.8 cm³/mol. The summed E-state index contributed by atoms with van der Waals surface area (Å²) in [6.07, 6.45) is 2.89. The second-order valence-electron chi connectivity index (χ2n) is 4.90. The number of allylic oxidation sites excluding steroid dienone is 1. The maximum atomic E-state index is 11.0. The van der Waals surface area contributed by atoms with Gasteiger partial charge in [-0.1, -0.05) is 68.4 Å². The Labute approximate surface area is 114 Å². The molecule has 1 heteroatoms. The molecule has 96 valence electrons. The van der Waals surface area contributed by atoms with Gasteiger partial charge in [0.2, 0.25) is 0 Å². The first-order valence-corrected chi connectivity index (χ1v) is 6.53. The van der Waals surface area contributed by atoms with E-state index in [9.17, 15) is 4.79 Å². The van der Waals surface area contributed by atoms with Gasteiger partial charge in [0, 0.05) is 0 Å². The Morgan fingerprint density at radius 2 is 1.47 bits per heavy atom. The molecule has 0 bridgehead atoms. The largest absolute Gasteiger partial charge is 0.298 e. The molecule has 2 aromatic rings. The number of carbonyl (C=O) groups is 1. The Hall–Kier alpha value is -2.15. The second kappa shape index (κ2) is 6.14. The Balaban J connectivity index is 2.26. The number of hydrogen-bond donors (Lipinski definition) is 0. The molecule has 0 radical (unpaired) electrons. The number of hydrogen-bond acceptors (Lipinski definition) is 1. The SMILES string of the molecule is CC(C)C(C=O)=Cc1ccc(-c2ccccc2)cc1. The van der Waals surface area contributed by atoms with Gasteiger partial charge in [-0.15, -0.1) is 0 Å². The van der Waals surface area contributed by atoms with Crippen LogP contribution in [-0.4, -0.2) is 6.29 Å². The number of rotatable bonds is 4. The lowest BCUT2D eigenvalue weighted by molar-refractivity contribution is -0.105. The number of aldehydes is 1. The molecule has 0 N–H and O–H groups in total. The van der Waals surface area contributed by atoms with Crippen molar-refractivity contribution in [3.05, 3.63) is 65.7 Å². The van der Waals surface area contributed by atoms with E-state index in [1.165, 1.54) is 11.1 Å². The molecule has 0 fully saturated rings. The highest BCUT2D eigenvalue weighted by molar-refractivity contribution is 5.82. The van der Waals surface area contributed by atoms with Gasteiger partial charge in [0.1, 0.15) is 6.29 Å². The van der Waals surface area contributed by atoms with Crippen molar-refractivity contribution in [1.82, 2.24) is 0 Å². The van der Waals surface area contributed by atoms with Crippen LogP contribution in [0.25, 0.3) is 17.2 Å². The van der Waals surface area contributed by atoms with Crippen LogP contribution >= 0.6 is 0 Å². The van der Waals surface area contributed by atoms with Crippen molar-refractivity contribution in [2.24, 2.45) is 5.92 Å². The number of benzene rings is 2. The summed E-state index contributed by atoms with van der Waals surface area (Å²) in [4.78, 5) is 11.0. The van der Waals surface area contributed by atoms with Crippen LogP contribution in [-0.2, 0) is 4.79 Å². The fraction of sp³-hybridized carbons (Fsp3) is 0.167. The predicted octanol–water partition coefficient (Wildman–Crippen LogP) is 4.59. The normalized spacial score (nSPS) is 11.6. The summed E-state index contributed by atoms with van der Waals surface area (Å²) in [6, 6.07) is 18.5. The van der Waals surface area contributed by atoms with Crippen molar-refractivity contribution in [3.8, 4) is 11.1 Å². The van der Waals surface area contributed by atoms with E-state index in [2.05, 4.69) is 24.3 Å². The van der Waals surface area contributed by atoms with Crippen molar-refractivity contribution in [1.29, 1.82) is 0 Å². The van der Waals surface area contributed by atoms with Crippen LogP contribution in [0.15, 0.2) is 60.2 Å². The van der Waals surface area contributed by atoms with Crippen molar-refractivity contribution in [2.45, 2.75) is 13.8 Å². The van der Waals surface area contributed by atoms with Crippen molar-refractivity contribution in [2.75, 3.05) is 0 Å². The summed E-state index contributed by atoms with van der Waals surface area (Å²) in [7, 11) is 0. The molecule has 2 rings (SSSR count). The van der Waals surface area contributed by atoms with Gasteiger partial charge in [0.25, 0.3) is 0 Å². The van der Waals surface area contributed by atoms with Gasteiger partial charge in [0.15, 0.2) is 0 Å². The molecule has 0 aromatic heterocycles. The van der Waals surface area contributed by atoms with E-state index in [0.29, 0.717) is 0 Å². The average molecular weight is 250 g/mol. The van der Waals surface area contributed by atoms with Gasteiger partial charge < -0.3 is 0 Å². The molecule has 0 aliphatic heterocycles. The molecular formula is C18H18O. The number of carbonyl (C=O) groups excluding carboxylic acids is 1. The van der Waals surface area contributed by atoms with Gasteiger partial charge >= 0.3 is 0 Å². The first-order valence-electron chi connectivity index (χ1n) is 6.53. The third-order valence-corrected chi connectivity index (χ3v) is 3.15. The summed E-state index contributed by atoms with van der Waals surface area (Å²) in [6.45, 7) is 4.05. The highest BCUT2D eigenvalue weighted by Gasteiger charge is 2.02. The van der Waals surface area contributed by atoms with Crippen LogP contribution in [0.5, 0.6) is 0 Å². The molecule has 0 spiro atoms. The highest BCUT2D eigenvalue weighted by Crippen LogP contribution is 2.20. The summed E-state index contributed by atoms with van der Waals surface area (Å²) in [5.74, 6) is 0.256. The van der Waals surface area contributed by atoms with Crippen LogP contribution in [0.1, 0.15) is 19.4 Å². The molecule has 0 saturated heterocycles. The van der Waals surface area contributed by atoms with Crippen molar-refractivity contribution in [3.63, 3.8) is 0 Å². The van der Waals surface area contributed by atoms with E-state index < -0.39 is 0 Å². The Morgan fingerprint density at radius 1 is 0.895 bits per heavy atom. The lowest BCUT2D eigenvalue weighted by atomic mass is 9.99. The van der Waals surface area contributed by atoms with Gasteiger partial charge in [-0.2, -0.15) is 0 Å². The van der Waals surface area contributed by atoms with Crippen LogP contribution in [0.2, 0.25) is 0 Å². The Kier molecular flexibility index (Phi) is 4.30. The summed E-state index contributed by atoms with van der Waals surface area (Å²) in [5, 5.41) is 0.